The molecule has 84 valence electrons. The lowest BCUT2D eigenvalue weighted by molar-refractivity contribution is 0.0914. The number of carbonyl (C=O) groups excluding carboxylic acids is 1. The largest absolute Gasteiger partial charge is 0.293 e. The molecule has 4 nitrogen and oxygen atoms in total. The van der Waals surface area contributed by atoms with E-state index in [0.29, 0.717) is 15.6 Å². The average molecular weight is 258 g/mol. The average Bonchev–Trinajstić information content (AvgIpc) is 2.21. The second-order valence-electron chi connectivity index (χ2n) is 3.71. The lowest BCUT2D eigenvalue weighted by Crippen LogP contribution is -2.28. The summed E-state index contributed by atoms with van der Waals surface area (Å²) in [5, 5.41) is 4.11. The third-order valence-electron chi connectivity index (χ3n) is 2.03. The summed E-state index contributed by atoms with van der Waals surface area (Å²) in [6, 6.07) is 4.54. The second-order valence-corrected chi connectivity index (χ2v) is 4.52. The summed E-state index contributed by atoms with van der Waals surface area (Å²) >= 11 is 11.5. The Morgan fingerprint density at radius 2 is 2.00 bits per heavy atom. The van der Waals surface area contributed by atoms with Gasteiger partial charge in [0.05, 0.1) is 10.0 Å². The molecule has 1 rings (SSSR count). The van der Waals surface area contributed by atoms with Crippen molar-refractivity contribution in [1.29, 1.82) is 0 Å². The maximum absolute atomic E-state index is 12.0. The third kappa shape index (κ3) is 2.67. The van der Waals surface area contributed by atoms with Crippen molar-refractivity contribution in [3.8, 4) is 0 Å². The monoisotopic (exact) mass is 257 g/mol. The number of ketones is 1. The van der Waals surface area contributed by atoms with Crippen LogP contribution in [0.25, 0.3) is 10.4 Å². The lowest BCUT2D eigenvalue weighted by atomic mass is 9.94. The van der Waals surface area contributed by atoms with Crippen LogP contribution in [0, 0.1) is 0 Å². The minimum Gasteiger partial charge on any atom is -0.293 e. The molecule has 0 aliphatic rings. The molecule has 0 saturated carbocycles. The van der Waals surface area contributed by atoms with E-state index in [4.69, 9.17) is 28.7 Å². The van der Waals surface area contributed by atoms with E-state index in [1.807, 2.05) is 0 Å². The molecule has 0 aliphatic carbocycles. The summed E-state index contributed by atoms with van der Waals surface area (Å²) in [6.07, 6.45) is 0. The molecule has 0 atom stereocenters. The van der Waals surface area contributed by atoms with Crippen molar-refractivity contribution < 1.29 is 4.79 Å². The molecule has 0 heterocycles. The van der Waals surface area contributed by atoms with Gasteiger partial charge in [0.15, 0.2) is 5.78 Å². The topological polar surface area (TPSA) is 65.8 Å². The number of nitrogens with zero attached hydrogens (tertiary/aromatic N) is 3. The molecule has 6 heteroatoms. The summed E-state index contributed by atoms with van der Waals surface area (Å²) in [4.78, 5) is 14.6. The van der Waals surface area contributed by atoms with Crippen molar-refractivity contribution >= 4 is 29.0 Å². The quantitative estimate of drug-likeness (QED) is 0.345. The third-order valence-corrected chi connectivity index (χ3v) is 2.77. The standard InChI is InChI=1S/C10H9Cl2N3O/c1-10(2,14-15-13)9(16)6-3-4-7(11)8(12)5-6/h3-5H,1-2H3. The van der Waals surface area contributed by atoms with Gasteiger partial charge in [0.1, 0.15) is 5.54 Å². The molecule has 0 N–H and O–H groups in total. The number of benzene rings is 1. The molecule has 0 amide bonds. The Bertz CT molecular complexity index is 479. The molecular formula is C10H9Cl2N3O. The zero-order valence-electron chi connectivity index (χ0n) is 8.74. The van der Waals surface area contributed by atoms with Crippen molar-refractivity contribution in [3.63, 3.8) is 0 Å². The van der Waals surface area contributed by atoms with Gasteiger partial charge in [0, 0.05) is 10.5 Å². The van der Waals surface area contributed by atoms with E-state index in [0.717, 1.165) is 0 Å². The fourth-order valence-electron chi connectivity index (χ4n) is 1.15. The van der Waals surface area contributed by atoms with Gasteiger partial charge in [0.25, 0.3) is 0 Å². The van der Waals surface area contributed by atoms with Gasteiger partial charge in [-0.2, -0.15) is 0 Å². The van der Waals surface area contributed by atoms with Crippen LogP contribution in [0.3, 0.4) is 0 Å². The maximum Gasteiger partial charge on any atom is 0.174 e. The molecule has 16 heavy (non-hydrogen) atoms. The summed E-state index contributed by atoms with van der Waals surface area (Å²) in [5.41, 5.74) is 7.59. The molecule has 0 bridgehead atoms. The highest BCUT2D eigenvalue weighted by atomic mass is 35.5. The van der Waals surface area contributed by atoms with Gasteiger partial charge >= 0.3 is 0 Å². The lowest BCUT2D eigenvalue weighted by Gasteiger charge is -2.16. The Morgan fingerprint density at radius 3 is 2.50 bits per heavy atom. The number of Topliss-reactive ketones (excluding diaryl/α,β-unsaturated/α-hetero) is 1. The Hall–Kier alpha value is -1.22. The van der Waals surface area contributed by atoms with Gasteiger partial charge in [-0.3, -0.25) is 4.79 Å². The van der Waals surface area contributed by atoms with Crippen LogP contribution >= 0.6 is 23.2 Å². The normalized spacial score (nSPS) is 10.8. The first-order valence-electron chi connectivity index (χ1n) is 4.44. The number of azide groups is 1. The van der Waals surface area contributed by atoms with E-state index < -0.39 is 5.54 Å². The summed E-state index contributed by atoms with van der Waals surface area (Å²) in [5.74, 6) is -0.302. The highest BCUT2D eigenvalue weighted by molar-refractivity contribution is 6.42. The zero-order valence-corrected chi connectivity index (χ0v) is 10.2. The van der Waals surface area contributed by atoms with E-state index in [9.17, 15) is 4.79 Å². The molecular weight excluding hydrogens is 249 g/mol. The van der Waals surface area contributed by atoms with E-state index in [-0.39, 0.29) is 5.78 Å². The smallest absolute Gasteiger partial charge is 0.174 e. The molecule has 0 radical (unpaired) electrons. The summed E-state index contributed by atoms with van der Waals surface area (Å²) in [7, 11) is 0. The first-order chi connectivity index (χ1) is 7.38. The minimum absolute atomic E-state index is 0.296. The highest BCUT2D eigenvalue weighted by Gasteiger charge is 2.27. The van der Waals surface area contributed by atoms with E-state index in [1.54, 1.807) is 6.07 Å². The van der Waals surface area contributed by atoms with E-state index in [1.165, 1.54) is 26.0 Å². The molecule has 0 unspecified atom stereocenters. The van der Waals surface area contributed by atoms with E-state index >= 15 is 0 Å². The molecule has 1 aromatic carbocycles. The van der Waals surface area contributed by atoms with Crippen LogP contribution in [0.5, 0.6) is 0 Å². The summed E-state index contributed by atoms with van der Waals surface area (Å²) < 4.78 is 0. The van der Waals surface area contributed by atoms with Crippen LogP contribution < -0.4 is 0 Å². The number of rotatable bonds is 3. The van der Waals surface area contributed by atoms with Crippen molar-refractivity contribution in [2.75, 3.05) is 0 Å². The van der Waals surface area contributed by atoms with Crippen LogP contribution in [0.4, 0.5) is 0 Å². The molecule has 0 aromatic heterocycles. The first kappa shape index (κ1) is 12.8. The highest BCUT2D eigenvalue weighted by Crippen LogP contribution is 2.25. The van der Waals surface area contributed by atoms with Crippen LogP contribution in [-0.4, -0.2) is 11.3 Å². The molecule has 0 fully saturated rings. The van der Waals surface area contributed by atoms with Gasteiger partial charge in [-0.1, -0.05) is 28.3 Å². The van der Waals surface area contributed by atoms with Crippen molar-refractivity contribution in [2.45, 2.75) is 19.4 Å². The van der Waals surface area contributed by atoms with Crippen molar-refractivity contribution in [3.05, 3.63) is 44.3 Å². The van der Waals surface area contributed by atoms with Crippen LogP contribution in [0.15, 0.2) is 23.3 Å². The Kier molecular flexibility index (Phi) is 3.81. The predicted molar refractivity (Wildman–Crippen MR) is 64.0 cm³/mol. The van der Waals surface area contributed by atoms with Crippen LogP contribution in [0.2, 0.25) is 10.0 Å². The number of halogens is 2. The molecule has 0 saturated heterocycles. The fourth-order valence-corrected chi connectivity index (χ4v) is 1.45. The SMILES string of the molecule is CC(C)(N=[N+]=[N-])C(=O)c1ccc(Cl)c(Cl)c1. The van der Waals surface area contributed by atoms with Gasteiger partial charge in [-0.25, -0.2) is 0 Å². The zero-order chi connectivity index (χ0) is 12.3. The van der Waals surface area contributed by atoms with Gasteiger partial charge in [-0.15, -0.1) is 0 Å². The predicted octanol–water partition coefficient (Wildman–Crippen LogP) is 4.27. The molecule has 1 aromatic rings. The Balaban J connectivity index is 3.15. The molecule has 0 aliphatic heterocycles. The number of carbonyl (C=O) groups is 1. The van der Waals surface area contributed by atoms with Gasteiger partial charge < -0.3 is 0 Å². The van der Waals surface area contributed by atoms with Crippen molar-refractivity contribution in [1.82, 2.24) is 0 Å². The number of hydrogen-bond acceptors (Lipinski definition) is 2. The maximum atomic E-state index is 12.0. The summed E-state index contributed by atoms with van der Waals surface area (Å²) in [6.45, 7) is 3.08. The van der Waals surface area contributed by atoms with E-state index in [2.05, 4.69) is 10.0 Å². The second kappa shape index (κ2) is 4.74. The van der Waals surface area contributed by atoms with Crippen molar-refractivity contribution in [2.24, 2.45) is 5.11 Å². The minimum atomic E-state index is -1.13. The van der Waals surface area contributed by atoms with Crippen LogP contribution in [-0.2, 0) is 0 Å². The van der Waals surface area contributed by atoms with Gasteiger partial charge in [-0.05, 0) is 37.6 Å². The fraction of sp³-hybridized carbons (Fsp3) is 0.300. The number of hydrogen-bond donors (Lipinski definition) is 0. The Labute approximate surface area is 103 Å². The molecule has 0 spiro atoms. The van der Waals surface area contributed by atoms with Gasteiger partial charge in [0.2, 0.25) is 0 Å². The first-order valence-corrected chi connectivity index (χ1v) is 5.20. The van der Waals surface area contributed by atoms with Crippen LogP contribution in [0.1, 0.15) is 24.2 Å². The Morgan fingerprint density at radius 1 is 1.38 bits per heavy atom.